The standard InChI is InChI=1S/C11H14O3/c1-2-11(12)14-9-8-13-10-6-4-3-5-7-10/h2-7,11-12H,1,8-9H2. The number of benzene rings is 1. The van der Waals surface area contributed by atoms with Crippen LogP contribution in [0.25, 0.3) is 0 Å². The highest BCUT2D eigenvalue weighted by Gasteiger charge is 1.96. The first-order chi connectivity index (χ1) is 6.83. The molecule has 0 amide bonds. The lowest BCUT2D eigenvalue weighted by Gasteiger charge is -2.08. The van der Waals surface area contributed by atoms with Crippen molar-refractivity contribution in [3.05, 3.63) is 43.0 Å². The summed E-state index contributed by atoms with van der Waals surface area (Å²) in [4.78, 5) is 0. The number of aliphatic hydroxyl groups is 1. The maximum absolute atomic E-state index is 8.96. The quantitative estimate of drug-likeness (QED) is 0.424. The molecule has 0 saturated heterocycles. The van der Waals surface area contributed by atoms with Gasteiger partial charge in [-0.15, -0.1) is 0 Å². The minimum Gasteiger partial charge on any atom is -0.491 e. The van der Waals surface area contributed by atoms with Gasteiger partial charge >= 0.3 is 0 Å². The predicted molar refractivity (Wildman–Crippen MR) is 54.1 cm³/mol. The van der Waals surface area contributed by atoms with E-state index in [1.54, 1.807) is 0 Å². The minimum atomic E-state index is -0.908. The van der Waals surface area contributed by atoms with Crippen LogP contribution in [-0.2, 0) is 4.74 Å². The summed E-state index contributed by atoms with van der Waals surface area (Å²) < 4.78 is 10.3. The van der Waals surface area contributed by atoms with Gasteiger partial charge in [0.25, 0.3) is 0 Å². The lowest BCUT2D eigenvalue weighted by atomic mass is 10.3. The van der Waals surface area contributed by atoms with Crippen molar-refractivity contribution in [2.24, 2.45) is 0 Å². The molecule has 1 unspecified atom stereocenters. The maximum Gasteiger partial charge on any atom is 0.173 e. The summed E-state index contributed by atoms with van der Waals surface area (Å²) in [5.74, 6) is 0.796. The molecule has 0 bridgehead atoms. The van der Waals surface area contributed by atoms with Crippen molar-refractivity contribution in [3.63, 3.8) is 0 Å². The highest BCUT2D eigenvalue weighted by Crippen LogP contribution is 2.07. The van der Waals surface area contributed by atoms with E-state index in [1.807, 2.05) is 30.3 Å². The van der Waals surface area contributed by atoms with Crippen LogP contribution in [0.1, 0.15) is 0 Å². The molecule has 0 aromatic heterocycles. The summed E-state index contributed by atoms with van der Waals surface area (Å²) in [6, 6.07) is 9.45. The molecule has 0 spiro atoms. The third-order valence-corrected chi connectivity index (χ3v) is 1.59. The SMILES string of the molecule is C=CC(O)OCCOc1ccccc1. The molecule has 76 valence electrons. The van der Waals surface area contributed by atoms with Crippen molar-refractivity contribution in [2.75, 3.05) is 13.2 Å². The van der Waals surface area contributed by atoms with Crippen molar-refractivity contribution < 1.29 is 14.6 Å². The van der Waals surface area contributed by atoms with E-state index in [0.717, 1.165) is 5.75 Å². The van der Waals surface area contributed by atoms with Crippen LogP contribution >= 0.6 is 0 Å². The summed E-state index contributed by atoms with van der Waals surface area (Å²) in [7, 11) is 0. The molecule has 1 rings (SSSR count). The van der Waals surface area contributed by atoms with Gasteiger partial charge < -0.3 is 14.6 Å². The Labute approximate surface area is 83.6 Å². The predicted octanol–water partition coefficient (Wildman–Crippen LogP) is 1.59. The molecule has 0 fully saturated rings. The second-order valence-electron chi connectivity index (χ2n) is 2.66. The Morgan fingerprint density at radius 1 is 1.29 bits per heavy atom. The van der Waals surface area contributed by atoms with E-state index in [0.29, 0.717) is 13.2 Å². The Hall–Kier alpha value is -1.32. The zero-order chi connectivity index (χ0) is 10.2. The Kier molecular flexibility index (Phi) is 4.75. The molecule has 0 saturated carbocycles. The highest BCUT2D eigenvalue weighted by molar-refractivity contribution is 5.20. The van der Waals surface area contributed by atoms with E-state index in [2.05, 4.69) is 6.58 Å². The molecule has 1 aromatic rings. The lowest BCUT2D eigenvalue weighted by Crippen LogP contribution is -2.14. The number of hydrogen-bond acceptors (Lipinski definition) is 3. The van der Waals surface area contributed by atoms with E-state index in [4.69, 9.17) is 14.6 Å². The molecule has 0 heterocycles. The molecule has 1 aromatic carbocycles. The van der Waals surface area contributed by atoms with Crippen molar-refractivity contribution in [1.29, 1.82) is 0 Å². The average molecular weight is 194 g/mol. The van der Waals surface area contributed by atoms with E-state index in [1.165, 1.54) is 6.08 Å². The van der Waals surface area contributed by atoms with Gasteiger partial charge in [-0.25, -0.2) is 0 Å². The normalized spacial score (nSPS) is 12.1. The van der Waals surface area contributed by atoms with E-state index in [-0.39, 0.29) is 0 Å². The molecule has 3 nitrogen and oxygen atoms in total. The Morgan fingerprint density at radius 3 is 2.64 bits per heavy atom. The van der Waals surface area contributed by atoms with Crippen LogP contribution in [0.2, 0.25) is 0 Å². The lowest BCUT2D eigenvalue weighted by molar-refractivity contribution is -0.0711. The fourth-order valence-corrected chi connectivity index (χ4v) is 0.913. The summed E-state index contributed by atoms with van der Waals surface area (Å²) in [5, 5.41) is 8.96. The van der Waals surface area contributed by atoms with E-state index in [9.17, 15) is 0 Å². The van der Waals surface area contributed by atoms with E-state index < -0.39 is 6.29 Å². The number of para-hydroxylation sites is 1. The van der Waals surface area contributed by atoms with Crippen molar-refractivity contribution in [1.82, 2.24) is 0 Å². The van der Waals surface area contributed by atoms with Crippen molar-refractivity contribution >= 4 is 0 Å². The second-order valence-corrected chi connectivity index (χ2v) is 2.66. The first kappa shape index (κ1) is 10.8. The van der Waals surface area contributed by atoms with Gasteiger partial charge in [0.15, 0.2) is 6.29 Å². The van der Waals surface area contributed by atoms with Gasteiger partial charge in [-0.2, -0.15) is 0 Å². The number of hydrogen-bond donors (Lipinski definition) is 1. The summed E-state index contributed by atoms with van der Waals surface area (Å²) >= 11 is 0. The Balaban J connectivity index is 2.13. The van der Waals surface area contributed by atoms with Crippen LogP contribution in [0, 0.1) is 0 Å². The second kappa shape index (κ2) is 6.18. The maximum atomic E-state index is 8.96. The van der Waals surface area contributed by atoms with Crippen LogP contribution in [-0.4, -0.2) is 24.6 Å². The number of ether oxygens (including phenoxy) is 2. The topological polar surface area (TPSA) is 38.7 Å². The fourth-order valence-electron chi connectivity index (χ4n) is 0.913. The molecular weight excluding hydrogens is 180 g/mol. The molecular formula is C11H14O3. The molecule has 14 heavy (non-hydrogen) atoms. The van der Waals surface area contributed by atoms with Crippen LogP contribution in [0.15, 0.2) is 43.0 Å². The highest BCUT2D eigenvalue weighted by atomic mass is 16.6. The number of aliphatic hydroxyl groups excluding tert-OH is 1. The molecule has 0 aliphatic rings. The molecule has 0 aliphatic carbocycles. The molecule has 1 atom stereocenters. The van der Waals surface area contributed by atoms with Gasteiger partial charge in [0.1, 0.15) is 12.4 Å². The van der Waals surface area contributed by atoms with Crippen LogP contribution < -0.4 is 4.74 Å². The number of rotatable bonds is 6. The zero-order valence-corrected chi connectivity index (χ0v) is 7.93. The van der Waals surface area contributed by atoms with Gasteiger partial charge in [-0.1, -0.05) is 24.8 Å². The monoisotopic (exact) mass is 194 g/mol. The van der Waals surface area contributed by atoms with Crippen molar-refractivity contribution in [2.45, 2.75) is 6.29 Å². The Morgan fingerprint density at radius 2 is 2.00 bits per heavy atom. The van der Waals surface area contributed by atoms with Crippen LogP contribution in [0.5, 0.6) is 5.75 Å². The third kappa shape index (κ3) is 4.07. The van der Waals surface area contributed by atoms with Crippen LogP contribution in [0.4, 0.5) is 0 Å². The van der Waals surface area contributed by atoms with Crippen molar-refractivity contribution in [3.8, 4) is 5.75 Å². The molecule has 0 radical (unpaired) electrons. The summed E-state index contributed by atoms with van der Waals surface area (Å²) in [6.07, 6.45) is 0.414. The van der Waals surface area contributed by atoms with Gasteiger partial charge in [-0.05, 0) is 18.2 Å². The summed E-state index contributed by atoms with van der Waals surface area (Å²) in [6.45, 7) is 4.13. The summed E-state index contributed by atoms with van der Waals surface area (Å²) in [5.41, 5.74) is 0. The Bertz CT molecular complexity index is 258. The van der Waals surface area contributed by atoms with E-state index >= 15 is 0 Å². The minimum absolute atomic E-state index is 0.335. The largest absolute Gasteiger partial charge is 0.491 e. The zero-order valence-electron chi connectivity index (χ0n) is 7.93. The van der Waals surface area contributed by atoms with Gasteiger partial charge in [0.05, 0.1) is 6.61 Å². The van der Waals surface area contributed by atoms with Gasteiger partial charge in [0.2, 0.25) is 0 Å². The molecule has 0 aliphatic heterocycles. The smallest absolute Gasteiger partial charge is 0.173 e. The fraction of sp³-hybridized carbons (Fsp3) is 0.273. The third-order valence-electron chi connectivity index (χ3n) is 1.59. The average Bonchev–Trinajstić information content (AvgIpc) is 2.25. The van der Waals surface area contributed by atoms with Gasteiger partial charge in [-0.3, -0.25) is 0 Å². The van der Waals surface area contributed by atoms with Gasteiger partial charge in [0, 0.05) is 0 Å². The first-order valence-electron chi connectivity index (χ1n) is 4.43. The van der Waals surface area contributed by atoms with Crippen LogP contribution in [0.3, 0.4) is 0 Å². The molecule has 3 heteroatoms. The first-order valence-corrected chi connectivity index (χ1v) is 4.43. The molecule has 1 N–H and O–H groups in total.